The van der Waals surface area contributed by atoms with E-state index >= 15 is 0 Å². The van der Waals surface area contributed by atoms with Crippen molar-refractivity contribution < 1.29 is 4.74 Å². The van der Waals surface area contributed by atoms with Gasteiger partial charge in [-0.2, -0.15) is 5.10 Å². The normalized spacial score (nSPS) is 13.4. The van der Waals surface area contributed by atoms with Crippen molar-refractivity contribution in [2.75, 3.05) is 7.11 Å². The molecule has 0 fully saturated rings. The number of methoxy groups -OCH3 is 1. The van der Waals surface area contributed by atoms with E-state index in [1.165, 1.54) is 10.7 Å². The Balaban J connectivity index is 2.80. The van der Waals surface area contributed by atoms with E-state index in [9.17, 15) is 4.79 Å². The number of hydrogen-bond donors (Lipinski definition) is 0. The molecule has 13 heavy (non-hydrogen) atoms. The van der Waals surface area contributed by atoms with Gasteiger partial charge in [-0.15, -0.1) is 0 Å². The molecule has 0 spiro atoms. The average Bonchev–Trinajstić information content (AvgIpc) is 2.16. The van der Waals surface area contributed by atoms with E-state index in [2.05, 4.69) is 5.10 Å². The first kappa shape index (κ1) is 9.67. The smallest absolute Gasteiger partial charge is 0.270 e. The summed E-state index contributed by atoms with van der Waals surface area (Å²) in [5.74, 6) is 0. The molecule has 4 nitrogen and oxygen atoms in total. The van der Waals surface area contributed by atoms with Crippen molar-refractivity contribution in [1.29, 1.82) is 0 Å². The first-order valence-corrected chi connectivity index (χ1v) is 3.99. The molecule has 0 amide bonds. The quantitative estimate of drug-likeness (QED) is 0.643. The molecule has 1 heterocycles. The fraction of sp³-hybridized carbons (Fsp3) is 0.333. The lowest BCUT2D eigenvalue weighted by Crippen LogP contribution is -2.15. The van der Waals surface area contributed by atoms with Gasteiger partial charge in [0, 0.05) is 19.4 Å². The fourth-order valence-corrected chi connectivity index (χ4v) is 0.741. The van der Waals surface area contributed by atoms with E-state index in [4.69, 9.17) is 4.74 Å². The standard InChI is InChI=1S/C9H12N2O2/c1-8(13-2)7-10-11-6-4-3-5-9(11)12/h3-8H,1-2H3/b10-7+. The van der Waals surface area contributed by atoms with Crippen molar-refractivity contribution in [3.05, 3.63) is 34.7 Å². The van der Waals surface area contributed by atoms with Crippen LogP contribution in [0.5, 0.6) is 0 Å². The van der Waals surface area contributed by atoms with E-state index in [0.717, 1.165) is 0 Å². The van der Waals surface area contributed by atoms with Gasteiger partial charge in [-0.3, -0.25) is 4.79 Å². The van der Waals surface area contributed by atoms with Crippen LogP contribution < -0.4 is 5.56 Å². The topological polar surface area (TPSA) is 43.6 Å². The van der Waals surface area contributed by atoms with Crippen LogP contribution in [0.2, 0.25) is 0 Å². The number of pyridine rings is 1. The number of nitrogens with zero attached hydrogens (tertiary/aromatic N) is 2. The zero-order valence-electron chi connectivity index (χ0n) is 7.68. The average molecular weight is 180 g/mol. The Labute approximate surface area is 76.5 Å². The Hall–Kier alpha value is -1.42. The van der Waals surface area contributed by atoms with Crippen LogP contribution >= 0.6 is 0 Å². The lowest BCUT2D eigenvalue weighted by atomic mass is 10.4. The van der Waals surface area contributed by atoms with Crippen molar-refractivity contribution in [1.82, 2.24) is 4.68 Å². The van der Waals surface area contributed by atoms with Crippen molar-refractivity contribution in [2.45, 2.75) is 13.0 Å². The maximum absolute atomic E-state index is 11.1. The van der Waals surface area contributed by atoms with Gasteiger partial charge in [-0.25, -0.2) is 4.68 Å². The van der Waals surface area contributed by atoms with Gasteiger partial charge in [0.1, 0.15) is 0 Å². The third-order valence-electron chi connectivity index (χ3n) is 1.58. The summed E-state index contributed by atoms with van der Waals surface area (Å²) >= 11 is 0. The molecule has 0 radical (unpaired) electrons. The van der Waals surface area contributed by atoms with Crippen LogP contribution in [0.1, 0.15) is 6.92 Å². The SMILES string of the molecule is COC(C)/C=N/n1ccccc1=O. The molecule has 1 unspecified atom stereocenters. The van der Waals surface area contributed by atoms with Crippen molar-refractivity contribution in [3.63, 3.8) is 0 Å². The number of aromatic nitrogens is 1. The van der Waals surface area contributed by atoms with Gasteiger partial charge in [0.2, 0.25) is 0 Å². The minimum atomic E-state index is -0.151. The van der Waals surface area contributed by atoms with E-state index in [1.807, 2.05) is 6.92 Å². The molecule has 1 aromatic heterocycles. The van der Waals surface area contributed by atoms with Crippen LogP contribution in [0, 0.1) is 0 Å². The van der Waals surface area contributed by atoms with Crippen LogP contribution in [0.15, 0.2) is 34.3 Å². The minimum absolute atomic E-state index is 0.0906. The first-order chi connectivity index (χ1) is 6.24. The van der Waals surface area contributed by atoms with E-state index < -0.39 is 0 Å². The summed E-state index contributed by atoms with van der Waals surface area (Å²) in [5.41, 5.74) is -0.151. The lowest BCUT2D eigenvalue weighted by Gasteiger charge is -2.01. The second-order valence-electron chi connectivity index (χ2n) is 2.59. The zero-order chi connectivity index (χ0) is 9.68. The first-order valence-electron chi connectivity index (χ1n) is 3.99. The summed E-state index contributed by atoms with van der Waals surface area (Å²) in [6, 6.07) is 4.87. The largest absolute Gasteiger partial charge is 0.376 e. The molecule has 1 aromatic rings. The third kappa shape index (κ3) is 2.83. The molecule has 0 aromatic carbocycles. The summed E-state index contributed by atoms with van der Waals surface area (Å²) < 4.78 is 6.21. The predicted molar refractivity (Wildman–Crippen MR) is 51.1 cm³/mol. The molecule has 70 valence electrons. The molecule has 0 aliphatic heterocycles. The van der Waals surface area contributed by atoms with Crippen LogP contribution in [0.3, 0.4) is 0 Å². The van der Waals surface area contributed by atoms with E-state index in [-0.39, 0.29) is 11.7 Å². The van der Waals surface area contributed by atoms with Crippen molar-refractivity contribution in [2.24, 2.45) is 5.10 Å². The third-order valence-corrected chi connectivity index (χ3v) is 1.58. The predicted octanol–water partition coefficient (Wildman–Crippen LogP) is 0.717. The highest BCUT2D eigenvalue weighted by Crippen LogP contribution is 1.84. The van der Waals surface area contributed by atoms with Gasteiger partial charge < -0.3 is 4.74 Å². The minimum Gasteiger partial charge on any atom is -0.376 e. The molecule has 0 bridgehead atoms. The van der Waals surface area contributed by atoms with Crippen molar-refractivity contribution in [3.8, 4) is 0 Å². The second kappa shape index (κ2) is 4.57. The zero-order valence-corrected chi connectivity index (χ0v) is 7.68. The monoisotopic (exact) mass is 180 g/mol. The molecule has 0 saturated heterocycles. The maximum Gasteiger partial charge on any atom is 0.270 e. The van der Waals surface area contributed by atoms with Crippen LogP contribution in [0.4, 0.5) is 0 Å². The fourth-order valence-electron chi connectivity index (χ4n) is 0.741. The number of ether oxygens (including phenoxy) is 1. The highest BCUT2D eigenvalue weighted by Gasteiger charge is 1.92. The molecule has 0 aliphatic rings. The van der Waals surface area contributed by atoms with Gasteiger partial charge in [0.15, 0.2) is 0 Å². The lowest BCUT2D eigenvalue weighted by molar-refractivity contribution is 0.174. The van der Waals surface area contributed by atoms with Crippen LogP contribution in [-0.2, 0) is 4.74 Å². The summed E-state index contributed by atoms with van der Waals surface area (Å²) in [6.07, 6.45) is 3.08. The van der Waals surface area contributed by atoms with Crippen LogP contribution in [-0.4, -0.2) is 24.1 Å². The Kier molecular flexibility index (Phi) is 3.40. The molecule has 1 rings (SSSR count). The second-order valence-corrected chi connectivity index (χ2v) is 2.59. The molecule has 4 heteroatoms. The Bertz CT molecular complexity index is 343. The molecule has 0 aliphatic carbocycles. The summed E-state index contributed by atoms with van der Waals surface area (Å²) in [6.45, 7) is 1.84. The van der Waals surface area contributed by atoms with Gasteiger partial charge in [-0.05, 0) is 13.0 Å². The Morgan fingerprint density at radius 2 is 2.38 bits per heavy atom. The van der Waals surface area contributed by atoms with Gasteiger partial charge >= 0.3 is 0 Å². The van der Waals surface area contributed by atoms with Gasteiger partial charge in [0.25, 0.3) is 5.56 Å². The molecular formula is C9H12N2O2. The van der Waals surface area contributed by atoms with Gasteiger partial charge in [0.05, 0.1) is 12.3 Å². The summed E-state index contributed by atoms with van der Waals surface area (Å²) in [4.78, 5) is 11.1. The number of hydrogen-bond acceptors (Lipinski definition) is 3. The highest BCUT2D eigenvalue weighted by molar-refractivity contribution is 5.62. The molecule has 0 N–H and O–H groups in total. The van der Waals surface area contributed by atoms with Crippen molar-refractivity contribution >= 4 is 6.21 Å². The number of rotatable bonds is 3. The molecule has 0 saturated carbocycles. The highest BCUT2D eigenvalue weighted by atomic mass is 16.5. The van der Waals surface area contributed by atoms with E-state index in [1.54, 1.807) is 31.7 Å². The Morgan fingerprint density at radius 1 is 1.62 bits per heavy atom. The summed E-state index contributed by atoms with van der Waals surface area (Å²) in [7, 11) is 1.59. The summed E-state index contributed by atoms with van der Waals surface area (Å²) in [5, 5.41) is 3.93. The van der Waals surface area contributed by atoms with Crippen LogP contribution in [0.25, 0.3) is 0 Å². The maximum atomic E-state index is 11.1. The van der Waals surface area contributed by atoms with Gasteiger partial charge in [-0.1, -0.05) is 6.07 Å². The molecular weight excluding hydrogens is 168 g/mol. The van der Waals surface area contributed by atoms with E-state index in [0.29, 0.717) is 0 Å². The molecule has 1 atom stereocenters. The Morgan fingerprint density at radius 3 is 3.00 bits per heavy atom.